The maximum absolute atomic E-state index is 10.0. The van der Waals surface area contributed by atoms with E-state index in [1.54, 1.807) is 0 Å². The first-order valence-electron chi connectivity index (χ1n) is 3.56. The molecule has 0 spiro atoms. The summed E-state index contributed by atoms with van der Waals surface area (Å²) in [5.41, 5.74) is 6.96. The third-order valence-electron chi connectivity index (χ3n) is 1.14. The molecule has 0 aromatic heterocycles. The van der Waals surface area contributed by atoms with Crippen molar-refractivity contribution in [3.63, 3.8) is 0 Å². The van der Waals surface area contributed by atoms with Crippen LogP contribution in [0.5, 0.6) is 0 Å². The van der Waals surface area contributed by atoms with Crippen LogP contribution >= 0.6 is 0 Å². The molecule has 0 saturated heterocycles. The SMILES string of the molecule is O=[N+]([O-])[O-].[NH3+]CCC[C@H]([NH3+])C(=O)[O-]. The van der Waals surface area contributed by atoms with Crippen molar-refractivity contribution in [2.45, 2.75) is 18.9 Å². The second kappa shape index (κ2) is 8.68. The quantitative estimate of drug-likeness (QED) is 0.345. The van der Waals surface area contributed by atoms with Gasteiger partial charge in [0, 0.05) is 12.8 Å². The van der Waals surface area contributed by atoms with Gasteiger partial charge in [0.15, 0.2) is 0 Å². The van der Waals surface area contributed by atoms with Gasteiger partial charge < -0.3 is 36.7 Å². The zero-order chi connectivity index (χ0) is 10.9. The normalized spacial score (nSPS) is 10.9. The van der Waals surface area contributed by atoms with Crippen molar-refractivity contribution in [1.29, 1.82) is 0 Å². The second-order valence-electron chi connectivity index (χ2n) is 2.24. The van der Waals surface area contributed by atoms with Crippen LogP contribution < -0.4 is 16.6 Å². The molecule has 6 N–H and O–H groups in total. The predicted molar refractivity (Wildman–Crippen MR) is 39.0 cm³/mol. The molecule has 0 fully saturated rings. The van der Waals surface area contributed by atoms with Crippen LogP contribution in [0, 0.1) is 15.3 Å². The van der Waals surface area contributed by atoms with Gasteiger partial charge >= 0.3 is 0 Å². The van der Waals surface area contributed by atoms with E-state index in [4.69, 9.17) is 15.3 Å². The molecule has 0 aliphatic carbocycles. The molecule has 0 saturated carbocycles. The number of carboxylic acids is 1. The molecule has 0 aromatic carbocycles. The van der Waals surface area contributed by atoms with Crippen molar-refractivity contribution in [1.82, 2.24) is 0 Å². The van der Waals surface area contributed by atoms with Crippen LogP contribution in [0.1, 0.15) is 12.8 Å². The minimum Gasteiger partial charge on any atom is -0.544 e. The molecule has 1 atom stereocenters. The molecule has 0 amide bonds. The van der Waals surface area contributed by atoms with Gasteiger partial charge in [0.25, 0.3) is 0 Å². The average Bonchev–Trinajstić information content (AvgIpc) is 1.98. The molecule has 0 aromatic rings. The Bertz CT molecular complexity index is 158. The third kappa shape index (κ3) is 18.0. The van der Waals surface area contributed by atoms with E-state index in [0.29, 0.717) is 6.42 Å². The van der Waals surface area contributed by atoms with Gasteiger partial charge in [-0.1, -0.05) is 0 Å². The number of carbonyl (C=O) groups excluding carboxylic acids is 1. The van der Waals surface area contributed by atoms with Gasteiger partial charge in [0.2, 0.25) is 0 Å². The number of aliphatic carboxylic acids is 1. The number of carbonyl (C=O) groups is 1. The standard InChI is InChI=1S/C5H12N2O2.NO3/c6-3-1-2-4(7)5(8)9;2-1(3)4/h4H,1-3,6-7H2,(H,8,9);/q;-1/p+1/t4-;/m0./s1. The summed E-state index contributed by atoms with van der Waals surface area (Å²) in [7, 11) is 0. The molecular formula is C5H13N3O5. The van der Waals surface area contributed by atoms with Crippen LogP contribution in [0.2, 0.25) is 0 Å². The van der Waals surface area contributed by atoms with Crippen molar-refractivity contribution in [2.24, 2.45) is 0 Å². The van der Waals surface area contributed by atoms with Crippen LogP contribution in [-0.2, 0) is 4.79 Å². The van der Waals surface area contributed by atoms with Crippen LogP contribution in [0.25, 0.3) is 0 Å². The van der Waals surface area contributed by atoms with Crippen LogP contribution in [-0.4, -0.2) is 23.6 Å². The summed E-state index contributed by atoms with van der Waals surface area (Å²) in [5.74, 6) is -1.07. The van der Waals surface area contributed by atoms with E-state index in [-0.39, 0.29) is 0 Å². The van der Waals surface area contributed by atoms with Gasteiger partial charge in [-0.15, -0.1) is 0 Å². The Balaban J connectivity index is 0. The Morgan fingerprint density at radius 1 is 1.46 bits per heavy atom. The molecule has 0 aliphatic rings. The van der Waals surface area contributed by atoms with Gasteiger partial charge in [-0.25, -0.2) is 0 Å². The lowest BCUT2D eigenvalue weighted by Gasteiger charge is -2.06. The fraction of sp³-hybridized carbons (Fsp3) is 0.800. The van der Waals surface area contributed by atoms with Gasteiger partial charge in [-0.3, -0.25) is 0 Å². The number of carboxylic acid groups (broad SMARTS) is 1. The number of rotatable bonds is 4. The Morgan fingerprint density at radius 2 is 1.85 bits per heavy atom. The van der Waals surface area contributed by atoms with E-state index in [1.807, 2.05) is 0 Å². The lowest BCUT2D eigenvalue weighted by Crippen LogP contribution is -2.68. The molecule has 8 heteroatoms. The highest BCUT2D eigenvalue weighted by atomic mass is 16.9. The summed E-state index contributed by atoms with van der Waals surface area (Å²) in [6, 6.07) is -0.563. The summed E-state index contributed by atoms with van der Waals surface area (Å²) in [6.07, 6.45) is 1.38. The number of hydrogen-bond donors (Lipinski definition) is 2. The van der Waals surface area contributed by atoms with E-state index in [2.05, 4.69) is 11.5 Å². The van der Waals surface area contributed by atoms with E-state index < -0.39 is 17.1 Å². The summed E-state index contributed by atoms with van der Waals surface area (Å²) in [6.45, 7) is 0.763. The highest BCUT2D eigenvalue weighted by Gasteiger charge is 2.04. The summed E-state index contributed by atoms with van der Waals surface area (Å²) in [5, 5.41) is 24.8. The topological polar surface area (TPSA) is 162 Å². The zero-order valence-electron chi connectivity index (χ0n) is 7.10. The minimum atomic E-state index is -1.75. The Morgan fingerprint density at radius 3 is 2.08 bits per heavy atom. The Kier molecular flexibility index (Phi) is 9.44. The van der Waals surface area contributed by atoms with Gasteiger partial charge in [-0.2, -0.15) is 0 Å². The largest absolute Gasteiger partial charge is 0.544 e. The van der Waals surface area contributed by atoms with Crippen LogP contribution in [0.15, 0.2) is 0 Å². The fourth-order valence-corrected chi connectivity index (χ4v) is 0.509. The summed E-state index contributed by atoms with van der Waals surface area (Å²) in [4.78, 5) is 18.3. The Hall–Kier alpha value is -1.41. The van der Waals surface area contributed by atoms with E-state index in [9.17, 15) is 9.90 Å². The third-order valence-corrected chi connectivity index (χ3v) is 1.14. The highest BCUT2D eigenvalue weighted by Crippen LogP contribution is 1.86. The minimum absolute atomic E-state index is 0.563. The molecule has 13 heavy (non-hydrogen) atoms. The van der Waals surface area contributed by atoms with E-state index in [0.717, 1.165) is 13.0 Å². The molecular weight excluding hydrogens is 182 g/mol. The monoisotopic (exact) mass is 195 g/mol. The second-order valence-corrected chi connectivity index (χ2v) is 2.24. The van der Waals surface area contributed by atoms with Crippen molar-refractivity contribution in [3.8, 4) is 0 Å². The highest BCUT2D eigenvalue weighted by molar-refractivity contribution is 5.68. The fourth-order valence-electron chi connectivity index (χ4n) is 0.509. The smallest absolute Gasteiger partial charge is 0.125 e. The number of nitrogens with zero attached hydrogens (tertiary/aromatic N) is 1. The molecule has 0 radical (unpaired) electrons. The zero-order valence-corrected chi connectivity index (χ0v) is 7.10. The van der Waals surface area contributed by atoms with Gasteiger partial charge in [-0.05, 0) is 0 Å². The molecule has 0 heterocycles. The van der Waals surface area contributed by atoms with E-state index >= 15 is 0 Å². The molecule has 0 bridgehead atoms. The number of quaternary nitrogens is 2. The molecule has 78 valence electrons. The first-order valence-corrected chi connectivity index (χ1v) is 3.56. The van der Waals surface area contributed by atoms with Gasteiger partial charge in [0.05, 0.1) is 17.6 Å². The molecule has 0 rings (SSSR count). The lowest BCUT2D eigenvalue weighted by atomic mass is 10.2. The number of hydrogen-bond acceptors (Lipinski definition) is 5. The van der Waals surface area contributed by atoms with Gasteiger partial charge in [0.1, 0.15) is 6.04 Å². The maximum atomic E-state index is 10.0. The molecule has 0 aliphatic heterocycles. The predicted octanol–water partition coefficient (Wildman–Crippen LogP) is -3.87. The lowest BCUT2D eigenvalue weighted by molar-refractivity contribution is -0.441. The van der Waals surface area contributed by atoms with E-state index in [1.165, 1.54) is 0 Å². The molecule has 8 nitrogen and oxygen atoms in total. The van der Waals surface area contributed by atoms with Crippen molar-refractivity contribution < 1.29 is 26.5 Å². The molecule has 0 unspecified atom stereocenters. The Labute approximate surface area is 74.2 Å². The summed E-state index contributed by atoms with van der Waals surface area (Å²) < 4.78 is 0. The maximum Gasteiger partial charge on any atom is 0.125 e. The summed E-state index contributed by atoms with van der Waals surface area (Å²) >= 11 is 0. The van der Waals surface area contributed by atoms with Crippen molar-refractivity contribution in [3.05, 3.63) is 15.3 Å². The van der Waals surface area contributed by atoms with Crippen LogP contribution in [0.4, 0.5) is 0 Å². The van der Waals surface area contributed by atoms with Crippen molar-refractivity contribution in [2.75, 3.05) is 6.54 Å². The van der Waals surface area contributed by atoms with Crippen molar-refractivity contribution >= 4 is 5.97 Å². The first kappa shape index (κ1) is 14.1. The first-order chi connectivity index (χ1) is 5.91. The average molecular weight is 195 g/mol. The van der Waals surface area contributed by atoms with Crippen LogP contribution in [0.3, 0.4) is 0 Å².